The van der Waals surface area contributed by atoms with E-state index in [9.17, 15) is 0 Å². The summed E-state index contributed by atoms with van der Waals surface area (Å²) in [4.78, 5) is 18.3. The van der Waals surface area contributed by atoms with Gasteiger partial charge in [0.15, 0.2) is 5.75 Å². The van der Waals surface area contributed by atoms with Crippen LogP contribution in [0.5, 0.6) is 46.0 Å². The van der Waals surface area contributed by atoms with Crippen LogP contribution in [0.4, 0.5) is 18.8 Å². The van der Waals surface area contributed by atoms with E-state index in [-0.39, 0.29) is 94.5 Å². The highest BCUT2D eigenvalue weighted by atomic mass is 19.0. The van der Waals surface area contributed by atoms with E-state index in [0.29, 0.717) is 5.41 Å². The number of rotatable bonds is 0. The molecule has 89 heavy (non-hydrogen) atoms. The van der Waals surface area contributed by atoms with Gasteiger partial charge in [0, 0.05) is 35.3 Å². The topological polar surface area (TPSA) is 88.5 Å². The average molecular weight is 1240 g/mol. The van der Waals surface area contributed by atoms with Gasteiger partial charge in [0.1, 0.15) is 40.2 Å². The molecule has 0 saturated carbocycles. The first kappa shape index (κ1) is 90.1. The number of ether oxygens (including phenoxy) is 4. The fraction of sp³-hybridized carbons (Fsp3) is 0.429. The van der Waals surface area contributed by atoms with E-state index in [2.05, 4.69) is 172 Å². The van der Waals surface area contributed by atoms with Crippen molar-refractivity contribution >= 4 is 0 Å². The van der Waals surface area contributed by atoms with Crippen molar-refractivity contribution in [1.82, 2.24) is 19.9 Å². The van der Waals surface area contributed by atoms with E-state index in [1.54, 1.807) is 0 Å². The van der Waals surface area contributed by atoms with Gasteiger partial charge in [0.2, 0.25) is 0 Å². The smallest absolute Gasteiger partial charge is 0.152 e. The molecule has 4 aromatic heterocycles. The SMILES string of the molecule is C.C.C.C.C.C.C.C.CC(C)(C)C.CC(C)(C)c1ccc2c(n1)CCc1ccccc1O2.CC(C)(C)c1ccnc2c1Oc1ccccc1CC2.CC(C)(C)c1cnc2c(c1)Oc1ccccc1CC2.F.F.F.F.c1ccc2c(c1)CCc1ncccc1O2. The molecule has 0 radical (unpaired) electrons. The third-order valence-corrected chi connectivity index (χ3v) is 13.4. The zero-order chi connectivity index (χ0) is 55.0. The number of hydrogen-bond acceptors (Lipinski definition) is 8. The van der Waals surface area contributed by atoms with Crippen molar-refractivity contribution in [2.24, 2.45) is 5.41 Å². The second-order valence-electron chi connectivity index (χ2n) is 25.0. The van der Waals surface area contributed by atoms with Crippen molar-refractivity contribution in [3.8, 4) is 46.0 Å². The molecule has 12 heteroatoms. The minimum atomic E-state index is 0. The lowest BCUT2D eigenvalue weighted by atomic mass is 9.86. The van der Waals surface area contributed by atoms with Gasteiger partial charge >= 0.3 is 0 Å². The summed E-state index contributed by atoms with van der Waals surface area (Å²) in [6.45, 7) is 28.5. The monoisotopic (exact) mass is 1240 g/mol. The quantitative estimate of drug-likeness (QED) is 0.139. The molecule has 0 unspecified atom stereocenters. The van der Waals surface area contributed by atoms with Gasteiger partial charge in [-0.15, -0.1) is 0 Å². The fourth-order valence-corrected chi connectivity index (χ4v) is 9.13. The van der Waals surface area contributed by atoms with Crippen molar-refractivity contribution in [1.29, 1.82) is 0 Å². The number of halogens is 4. The summed E-state index contributed by atoms with van der Waals surface area (Å²) < 4.78 is 24.1. The van der Waals surface area contributed by atoms with Crippen LogP contribution in [0.3, 0.4) is 0 Å². The summed E-state index contributed by atoms with van der Waals surface area (Å²) in [6.07, 6.45) is 13.4. The van der Waals surface area contributed by atoms with Crippen LogP contribution in [0.1, 0.15) is 211 Å². The minimum Gasteiger partial charge on any atom is -0.455 e. The molecule has 496 valence electrons. The highest BCUT2D eigenvalue weighted by Gasteiger charge is 2.26. The molecule has 0 atom stereocenters. The first-order chi connectivity index (χ1) is 36.6. The zero-order valence-corrected chi connectivity index (χ0v) is 49.6. The predicted octanol–water partition coefficient (Wildman–Crippen LogP) is 23.5. The first-order valence-electron chi connectivity index (χ1n) is 27.5. The fourth-order valence-electron chi connectivity index (χ4n) is 9.13. The second kappa shape index (κ2) is 38.7. The molecule has 0 N–H and O–H groups in total. The maximum Gasteiger partial charge on any atom is 0.152 e. The number of fused-ring (bicyclic) bond motifs is 8. The summed E-state index contributed by atoms with van der Waals surface area (Å²) in [7, 11) is 0. The third kappa shape index (κ3) is 24.7. The van der Waals surface area contributed by atoms with Crippen molar-refractivity contribution in [2.45, 2.75) is 217 Å². The maximum atomic E-state index is 6.20. The Kier molecular flexibility index (Phi) is 39.2. The van der Waals surface area contributed by atoms with Gasteiger partial charge in [0.25, 0.3) is 0 Å². The van der Waals surface area contributed by atoms with E-state index in [1.165, 1.54) is 33.4 Å². The van der Waals surface area contributed by atoms with Gasteiger partial charge in [-0.05, 0) is 156 Å². The molecule has 0 saturated heterocycles. The summed E-state index contributed by atoms with van der Waals surface area (Å²) in [6, 6.07) is 45.2. The van der Waals surface area contributed by atoms with Crippen molar-refractivity contribution < 1.29 is 37.8 Å². The Morgan fingerprint density at radius 2 is 0.674 bits per heavy atom. The lowest BCUT2D eigenvalue weighted by molar-refractivity contribution is 0.449. The number of aryl methyl sites for hydroxylation is 8. The number of para-hydroxylation sites is 4. The zero-order valence-electron chi connectivity index (χ0n) is 49.6. The van der Waals surface area contributed by atoms with E-state index in [4.69, 9.17) is 23.9 Å². The number of nitrogens with zero attached hydrogens (tertiary/aromatic N) is 4. The summed E-state index contributed by atoms with van der Waals surface area (Å²) in [5.41, 5.74) is 13.6. The predicted molar refractivity (Wildman–Crippen MR) is 378 cm³/mol. The number of benzene rings is 4. The van der Waals surface area contributed by atoms with Crippen molar-refractivity contribution in [2.75, 3.05) is 0 Å². The normalized spacial score (nSPS) is 11.9. The Morgan fingerprint density at radius 3 is 1.10 bits per heavy atom. The Labute approximate surface area is 537 Å². The van der Waals surface area contributed by atoms with Crippen molar-refractivity contribution in [3.63, 3.8) is 0 Å². The van der Waals surface area contributed by atoms with Crippen LogP contribution in [0.25, 0.3) is 0 Å². The Bertz CT molecular complexity index is 3250. The Hall–Kier alpha value is -7.60. The van der Waals surface area contributed by atoms with Crippen LogP contribution in [0.15, 0.2) is 152 Å². The van der Waals surface area contributed by atoms with E-state index in [0.717, 1.165) is 126 Å². The molecule has 4 aliphatic heterocycles. The van der Waals surface area contributed by atoms with Crippen LogP contribution in [-0.2, 0) is 67.6 Å². The highest BCUT2D eigenvalue weighted by molar-refractivity contribution is 5.50. The maximum absolute atomic E-state index is 6.20. The van der Waals surface area contributed by atoms with E-state index < -0.39 is 0 Å². The van der Waals surface area contributed by atoms with Gasteiger partial charge in [-0.3, -0.25) is 38.8 Å². The Morgan fingerprint density at radius 1 is 0.315 bits per heavy atom. The molecule has 0 spiro atoms. The molecule has 0 aliphatic carbocycles. The number of aromatic nitrogens is 4. The number of pyridine rings is 4. The molecule has 4 aromatic carbocycles. The molecule has 0 fully saturated rings. The molecule has 8 aromatic rings. The second-order valence-corrected chi connectivity index (χ2v) is 25.0. The molecular formula is C77H116F4N4O4. The van der Waals surface area contributed by atoms with Crippen LogP contribution in [-0.4, -0.2) is 19.9 Å². The lowest BCUT2D eigenvalue weighted by Gasteiger charge is -2.23. The molecule has 4 aliphatic rings. The summed E-state index contributed by atoms with van der Waals surface area (Å²) in [5.74, 6) is 7.53. The van der Waals surface area contributed by atoms with Crippen LogP contribution in [0.2, 0.25) is 0 Å². The van der Waals surface area contributed by atoms with Gasteiger partial charge in [-0.2, -0.15) is 0 Å². The Balaban J connectivity index is -0.000000330. The standard InChI is InChI=1S/3C17H19NO.C13H11NO.C5H12.8CH4.4FH/c1-17(2,3)13-10-16-14(18-11-13)9-8-12-6-4-5-7-15(12)19-16;1-17(2,3)13-10-11-18-14-9-8-12-6-4-5-7-15(12)19-16(13)14;1-17(2,3)16-11-10-15-13(18-16)9-8-12-6-4-5-7-14(12)19-15;1-2-5-12-10(4-1)7-8-11-13(15-12)6-3-9-14-11;1-5(2,3)4;;;;;;;;;;;;/h3*4-7,10-11H,8-9H2,1-3H3;1-6,9H,7-8H2;1-4H3;8*1H4;4*1H. The summed E-state index contributed by atoms with van der Waals surface area (Å²) >= 11 is 0. The third-order valence-electron chi connectivity index (χ3n) is 13.4. The molecule has 8 nitrogen and oxygen atoms in total. The number of hydrogen-bond donors (Lipinski definition) is 0. The van der Waals surface area contributed by atoms with Gasteiger partial charge < -0.3 is 18.9 Å². The molecular weight excluding hydrogens is 1120 g/mol. The van der Waals surface area contributed by atoms with E-state index >= 15 is 0 Å². The van der Waals surface area contributed by atoms with Crippen molar-refractivity contribution in [3.05, 3.63) is 214 Å². The largest absolute Gasteiger partial charge is 0.455 e. The van der Waals surface area contributed by atoms with Gasteiger partial charge in [-0.25, -0.2) is 0 Å². The van der Waals surface area contributed by atoms with E-state index in [1.807, 2.05) is 85.3 Å². The highest BCUT2D eigenvalue weighted by Crippen LogP contribution is 2.41. The molecule has 0 bridgehead atoms. The molecule has 0 amide bonds. The molecule has 8 heterocycles. The first-order valence-corrected chi connectivity index (χ1v) is 27.5. The van der Waals surface area contributed by atoms with Crippen LogP contribution in [0, 0.1) is 5.41 Å². The average Bonchev–Trinajstić information content (AvgIpc) is 3.16. The summed E-state index contributed by atoms with van der Waals surface area (Å²) in [5, 5.41) is 0. The molecule has 12 rings (SSSR count). The van der Waals surface area contributed by atoms with Gasteiger partial charge in [0.05, 0.1) is 22.8 Å². The van der Waals surface area contributed by atoms with Gasteiger partial charge in [-0.1, -0.05) is 222 Å². The van der Waals surface area contributed by atoms with Crippen LogP contribution < -0.4 is 18.9 Å². The lowest BCUT2D eigenvalue weighted by Crippen LogP contribution is -2.14. The van der Waals surface area contributed by atoms with Crippen LogP contribution >= 0.6 is 0 Å². The minimum absolute atomic E-state index is 0.